The Bertz CT molecular complexity index is 6480. The topological polar surface area (TPSA) is 333 Å². The predicted octanol–water partition coefficient (Wildman–Crippen LogP) is 14.3. The first-order valence-corrected chi connectivity index (χ1v) is 42.9. The van der Waals surface area contributed by atoms with E-state index < -0.39 is 11.1 Å². The van der Waals surface area contributed by atoms with E-state index in [0.717, 1.165) is 197 Å². The lowest BCUT2D eigenvalue weighted by atomic mass is 9.68. The SMILES string of the molecule is Nc1ncccc1-c1nc2ccc(-c3cccc(N4CCOC(CO)C4)c3)nc2n1-c1ccc(C2(N)CC(Nc3ncccc3-c3nc4ccc(-c5cccc(N6CC7CCC(C6)O7)c5)nc4n3-c3ccc(C4(N)CCC4Nc4ncccc4-c4nc5ccc(-c6cccc(N7CCC(N)CC7)c6)nc5n4-c4ccc(C5(N)CCC5)cc4)cc3)C2)cc1. The van der Waals surface area contributed by atoms with E-state index >= 15 is 0 Å². The molecule has 0 amide bonds. The number of hydrogen-bond acceptors (Lipinski definition) is 22. The first-order chi connectivity index (χ1) is 59.7. The number of nitrogens with two attached hydrogens (primary N) is 5. The van der Waals surface area contributed by atoms with Crippen LogP contribution in [0.25, 0.3) is 118 Å². The fraction of sp³-hybridized carbons (Fsp3) is 0.289. The minimum absolute atomic E-state index is 0.0334. The molecule has 3 saturated carbocycles. The van der Waals surface area contributed by atoms with Crippen LogP contribution in [0.3, 0.4) is 0 Å². The molecule has 13 heterocycles. The maximum atomic E-state index is 9.93. The highest BCUT2D eigenvalue weighted by Gasteiger charge is 2.47. The van der Waals surface area contributed by atoms with E-state index in [-0.39, 0.29) is 48.6 Å². The number of aliphatic hydroxyl groups is 1. The second-order valence-corrected chi connectivity index (χ2v) is 34.5. The van der Waals surface area contributed by atoms with E-state index in [2.05, 4.69) is 220 Å². The van der Waals surface area contributed by atoms with Gasteiger partial charge in [-0.2, -0.15) is 0 Å². The van der Waals surface area contributed by atoms with E-state index in [1.54, 1.807) is 6.20 Å². The zero-order chi connectivity index (χ0) is 82.0. The Labute approximate surface area is 706 Å². The van der Waals surface area contributed by atoms with Crippen molar-refractivity contribution in [2.75, 3.05) is 83.5 Å². The molecule has 6 aromatic carbocycles. The van der Waals surface area contributed by atoms with Gasteiger partial charge in [0.1, 0.15) is 34.0 Å². The van der Waals surface area contributed by atoms with E-state index in [1.807, 2.05) is 54.9 Å². The second kappa shape index (κ2) is 30.4. The molecule has 0 spiro atoms. The van der Waals surface area contributed by atoms with Gasteiger partial charge >= 0.3 is 0 Å². The summed E-state index contributed by atoms with van der Waals surface area (Å²) in [6.07, 6.45) is 15.5. The summed E-state index contributed by atoms with van der Waals surface area (Å²) in [6, 6.07) is 75.7. The van der Waals surface area contributed by atoms with Crippen molar-refractivity contribution in [1.29, 1.82) is 0 Å². The molecule has 7 aliphatic rings. The van der Waals surface area contributed by atoms with Crippen molar-refractivity contribution < 1.29 is 14.6 Å². The number of pyridine rings is 6. The van der Waals surface area contributed by atoms with E-state index in [9.17, 15) is 5.11 Å². The molecule has 2 bridgehead atoms. The van der Waals surface area contributed by atoms with Crippen LogP contribution >= 0.6 is 0 Å². The lowest BCUT2D eigenvalue weighted by Crippen LogP contribution is -2.59. The summed E-state index contributed by atoms with van der Waals surface area (Å²) in [5.74, 6) is 3.71. The molecule has 5 unspecified atom stereocenters. The summed E-state index contributed by atoms with van der Waals surface area (Å²) in [5, 5.41) is 17.7. The van der Waals surface area contributed by atoms with Crippen molar-refractivity contribution in [2.45, 2.75) is 124 Å². The molecule has 15 aromatic rings. The molecule has 4 saturated heterocycles. The van der Waals surface area contributed by atoms with Gasteiger partial charge in [-0.15, -0.1) is 0 Å². The third-order valence-electron chi connectivity index (χ3n) is 26.8. The van der Waals surface area contributed by atoms with Crippen LogP contribution in [-0.4, -0.2) is 153 Å². The first-order valence-electron chi connectivity index (χ1n) is 42.9. The number of rotatable bonds is 20. The normalized spacial score (nSPS) is 22.0. The number of piperidine rings is 1. The van der Waals surface area contributed by atoms with Crippen molar-refractivity contribution in [2.24, 2.45) is 22.9 Å². The molecular formula is C97H96N22O3. The Balaban J connectivity index is 0.564. The van der Waals surface area contributed by atoms with Crippen molar-refractivity contribution in [1.82, 2.24) is 58.6 Å². The van der Waals surface area contributed by atoms with Crippen LogP contribution in [0.5, 0.6) is 0 Å². The number of imidazole rings is 3. The molecule has 5 atom stereocenters. The molecule has 3 aliphatic carbocycles. The predicted molar refractivity (Wildman–Crippen MR) is 480 cm³/mol. The van der Waals surface area contributed by atoms with Crippen LogP contribution in [0, 0.1) is 0 Å². The number of nitrogens with zero attached hydrogens (tertiary/aromatic N) is 15. The minimum atomic E-state index is -0.782. The van der Waals surface area contributed by atoms with Gasteiger partial charge in [-0.3, -0.25) is 13.7 Å². The number of ether oxygens (including phenoxy) is 2. The van der Waals surface area contributed by atoms with Gasteiger partial charge in [0.25, 0.3) is 0 Å². The lowest BCUT2D eigenvalue weighted by molar-refractivity contribution is 0.00357. The van der Waals surface area contributed by atoms with E-state index in [1.165, 1.54) is 5.69 Å². The van der Waals surface area contributed by atoms with Crippen LogP contribution in [0.4, 0.5) is 34.5 Å². The van der Waals surface area contributed by atoms with Crippen molar-refractivity contribution in [3.63, 3.8) is 0 Å². The highest BCUT2D eigenvalue weighted by Crippen LogP contribution is 2.48. The Hall–Kier alpha value is -12.9. The molecule has 13 N–H and O–H groups in total. The van der Waals surface area contributed by atoms with Gasteiger partial charge in [0, 0.05) is 138 Å². The molecular weight excluding hydrogens is 1520 g/mol. The summed E-state index contributed by atoms with van der Waals surface area (Å²) in [7, 11) is 0. The molecule has 122 heavy (non-hydrogen) atoms. The molecule has 612 valence electrons. The summed E-state index contributed by atoms with van der Waals surface area (Å²) < 4.78 is 18.4. The van der Waals surface area contributed by atoms with Crippen LogP contribution in [0.15, 0.2) is 237 Å². The number of benzene rings is 6. The van der Waals surface area contributed by atoms with Crippen LogP contribution < -0.4 is 54.0 Å². The first kappa shape index (κ1) is 75.4. The van der Waals surface area contributed by atoms with Gasteiger partial charge < -0.3 is 68.6 Å². The number of morpholine rings is 2. The zero-order valence-corrected chi connectivity index (χ0v) is 67.8. The Morgan fingerprint density at radius 2 is 0.893 bits per heavy atom. The molecule has 9 aromatic heterocycles. The average Bonchev–Trinajstić information content (AvgIpc) is 1.27. The van der Waals surface area contributed by atoms with Crippen LogP contribution in [0.2, 0.25) is 0 Å². The fourth-order valence-electron chi connectivity index (χ4n) is 19.6. The summed E-state index contributed by atoms with van der Waals surface area (Å²) >= 11 is 0. The van der Waals surface area contributed by atoms with Gasteiger partial charge in [-0.05, 0) is 233 Å². The fourth-order valence-corrected chi connectivity index (χ4v) is 19.6. The standard InChI is InChI=1S/C97H96N22O3/c98-65-38-46-114(47-39-65)70-11-1-8-59(50-70)79-32-35-84-93(108-79)118(68-23-17-62(18-24-68)95(100)40-7-41-95)91(112-84)78-16-6-45-105-88(78)113-85-37-42-97(85,102)64-21-27-69(28-22-64)119-90(111-83-36-33-81(109-94(83)119)61-10-3-13-72(52-61)116-55-73-29-30-74(56-116)122-73)77-15-5-44-104-87(77)106-66-53-96(101,54-66)63-19-25-67(26-20-63)117-89(76-14-4-43-103-86(76)99)110-82-34-31-80(107-92(82)117)60-9-2-12-71(51-60)115-48-49-121-75(57-115)58-120/h1-6,8-28,31-36,43-45,50-52,65-66,73-75,85,120H,7,29-30,37-42,46-49,53-58,98,100-102H2,(H2,99,103)(H,104,106)(H,105,113). The van der Waals surface area contributed by atoms with Crippen molar-refractivity contribution in [3.8, 4) is 85.0 Å². The number of hydrogen-bond donors (Lipinski definition) is 8. The quantitative estimate of drug-likeness (QED) is 0.0351. The van der Waals surface area contributed by atoms with Gasteiger partial charge in [0.15, 0.2) is 34.4 Å². The summed E-state index contributed by atoms with van der Waals surface area (Å²) in [5.41, 5.74) is 54.6. The van der Waals surface area contributed by atoms with Gasteiger partial charge in [0.05, 0.1) is 70.8 Å². The lowest BCUT2D eigenvalue weighted by Gasteiger charge is -2.48. The number of nitrogen functional groups attached to an aromatic ring is 1. The van der Waals surface area contributed by atoms with E-state index in [4.69, 9.17) is 78.0 Å². The molecule has 0 radical (unpaired) electrons. The van der Waals surface area contributed by atoms with Crippen LogP contribution in [0.1, 0.15) is 87.3 Å². The number of aliphatic hydroxyl groups excluding tert-OH is 1. The minimum Gasteiger partial charge on any atom is -0.394 e. The average molecular weight is 1620 g/mol. The van der Waals surface area contributed by atoms with Crippen molar-refractivity contribution >= 4 is 68.0 Å². The molecule has 25 heteroatoms. The van der Waals surface area contributed by atoms with Crippen molar-refractivity contribution in [3.05, 3.63) is 254 Å². The third kappa shape index (κ3) is 13.6. The number of fused-ring (bicyclic) bond motifs is 5. The number of nitrogens with one attached hydrogen (secondary N) is 2. The maximum Gasteiger partial charge on any atom is 0.165 e. The largest absolute Gasteiger partial charge is 0.394 e. The Morgan fingerprint density at radius 3 is 1.38 bits per heavy atom. The highest BCUT2D eigenvalue weighted by molar-refractivity contribution is 5.89. The summed E-state index contributed by atoms with van der Waals surface area (Å²) in [4.78, 5) is 54.2. The van der Waals surface area contributed by atoms with Gasteiger partial charge in [-0.1, -0.05) is 72.8 Å². The van der Waals surface area contributed by atoms with Crippen LogP contribution in [-0.2, 0) is 26.1 Å². The molecule has 22 rings (SSSR count). The molecule has 25 nitrogen and oxygen atoms in total. The third-order valence-corrected chi connectivity index (χ3v) is 26.8. The highest BCUT2D eigenvalue weighted by atomic mass is 16.5. The number of anilines is 6. The zero-order valence-electron chi connectivity index (χ0n) is 67.8. The number of aromatic nitrogens is 12. The van der Waals surface area contributed by atoms with Gasteiger partial charge in [-0.25, -0.2) is 44.9 Å². The molecule has 7 fully saturated rings. The smallest absolute Gasteiger partial charge is 0.165 e. The maximum absolute atomic E-state index is 9.93. The second-order valence-electron chi connectivity index (χ2n) is 34.5. The molecule has 4 aliphatic heterocycles. The Kier molecular flexibility index (Phi) is 18.8. The summed E-state index contributed by atoms with van der Waals surface area (Å²) in [6.45, 7) is 5.40. The van der Waals surface area contributed by atoms with E-state index in [0.29, 0.717) is 83.3 Å². The van der Waals surface area contributed by atoms with Gasteiger partial charge in [0.2, 0.25) is 0 Å². The Morgan fingerprint density at radius 1 is 0.426 bits per heavy atom. The monoisotopic (exact) mass is 1620 g/mol.